The maximum Gasteiger partial charge on any atom is 0.335 e. The number of hydrogen-bond donors (Lipinski definition) is 4. The molecule has 5 heteroatoms. The average molecular weight is 239 g/mol. The SMILES string of the molecule is CC(CO)(CO)NCc1ccc(C(=O)O)cc1. The fourth-order valence-electron chi connectivity index (χ4n) is 1.24. The molecule has 0 fully saturated rings. The predicted octanol–water partition coefficient (Wildman–Crippen LogP) is 0.218. The Balaban J connectivity index is 2.61. The molecule has 0 radical (unpaired) electrons. The van der Waals surface area contributed by atoms with Crippen LogP contribution >= 0.6 is 0 Å². The molecule has 0 aliphatic rings. The van der Waals surface area contributed by atoms with Gasteiger partial charge in [0.2, 0.25) is 0 Å². The van der Waals surface area contributed by atoms with Crippen molar-refractivity contribution in [1.29, 1.82) is 0 Å². The number of nitrogens with one attached hydrogen (secondary N) is 1. The minimum Gasteiger partial charge on any atom is -0.478 e. The molecule has 1 aromatic carbocycles. The summed E-state index contributed by atoms with van der Waals surface area (Å²) in [4.78, 5) is 10.6. The van der Waals surface area contributed by atoms with Crippen LogP contribution in [0.1, 0.15) is 22.8 Å². The van der Waals surface area contributed by atoms with Gasteiger partial charge in [-0.1, -0.05) is 12.1 Å². The number of aromatic carboxylic acids is 1. The van der Waals surface area contributed by atoms with E-state index in [4.69, 9.17) is 15.3 Å². The Labute approximate surface area is 99.7 Å². The smallest absolute Gasteiger partial charge is 0.335 e. The van der Waals surface area contributed by atoms with Gasteiger partial charge in [0.15, 0.2) is 0 Å². The van der Waals surface area contributed by atoms with Crippen LogP contribution in [0.2, 0.25) is 0 Å². The number of benzene rings is 1. The Hall–Kier alpha value is -1.43. The molecule has 0 bridgehead atoms. The number of hydrogen-bond acceptors (Lipinski definition) is 4. The van der Waals surface area contributed by atoms with Gasteiger partial charge in [0, 0.05) is 6.54 Å². The third kappa shape index (κ3) is 3.81. The fourth-order valence-corrected chi connectivity index (χ4v) is 1.24. The average Bonchev–Trinajstić information content (AvgIpc) is 2.36. The van der Waals surface area contributed by atoms with Crippen molar-refractivity contribution in [3.63, 3.8) is 0 Å². The van der Waals surface area contributed by atoms with E-state index in [1.165, 1.54) is 12.1 Å². The number of carbonyl (C=O) groups is 1. The van der Waals surface area contributed by atoms with Crippen molar-refractivity contribution in [3.05, 3.63) is 35.4 Å². The van der Waals surface area contributed by atoms with Crippen molar-refractivity contribution in [2.45, 2.75) is 19.0 Å². The number of aliphatic hydroxyl groups excluding tert-OH is 2. The van der Waals surface area contributed by atoms with Crippen LogP contribution in [0.25, 0.3) is 0 Å². The molecule has 0 amide bonds. The molecule has 0 spiro atoms. The summed E-state index contributed by atoms with van der Waals surface area (Å²) in [5.41, 5.74) is 0.398. The monoisotopic (exact) mass is 239 g/mol. The summed E-state index contributed by atoms with van der Waals surface area (Å²) in [5.74, 6) is -0.958. The minimum atomic E-state index is -0.958. The molecule has 0 saturated heterocycles. The van der Waals surface area contributed by atoms with Gasteiger partial charge in [0.25, 0.3) is 0 Å². The summed E-state index contributed by atoms with van der Waals surface area (Å²) in [6.07, 6.45) is 0. The third-order valence-corrected chi connectivity index (χ3v) is 2.62. The summed E-state index contributed by atoms with van der Waals surface area (Å²) in [7, 11) is 0. The van der Waals surface area contributed by atoms with Crippen molar-refractivity contribution < 1.29 is 20.1 Å². The Morgan fingerprint density at radius 1 is 1.24 bits per heavy atom. The lowest BCUT2D eigenvalue weighted by Gasteiger charge is -2.26. The van der Waals surface area contributed by atoms with E-state index >= 15 is 0 Å². The van der Waals surface area contributed by atoms with Gasteiger partial charge in [0.05, 0.1) is 24.3 Å². The van der Waals surface area contributed by atoms with Crippen molar-refractivity contribution in [1.82, 2.24) is 5.32 Å². The molecule has 5 nitrogen and oxygen atoms in total. The zero-order valence-corrected chi connectivity index (χ0v) is 9.68. The first-order valence-electron chi connectivity index (χ1n) is 5.30. The van der Waals surface area contributed by atoms with E-state index in [9.17, 15) is 4.79 Å². The Morgan fingerprint density at radius 3 is 2.18 bits per heavy atom. The van der Waals surface area contributed by atoms with Gasteiger partial charge in [0.1, 0.15) is 0 Å². The number of carboxylic acid groups (broad SMARTS) is 1. The number of rotatable bonds is 6. The van der Waals surface area contributed by atoms with Crippen LogP contribution in [0, 0.1) is 0 Å². The van der Waals surface area contributed by atoms with Crippen LogP contribution in [0.3, 0.4) is 0 Å². The molecular formula is C12H17NO4. The second-order valence-electron chi connectivity index (χ2n) is 4.23. The summed E-state index contributed by atoms with van der Waals surface area (Å²) >= 11 is 0. The summed E-state index contributed by atoms with van der Waals surface area (Å²) in [6.45, 7) is 1.82. The Morgan fingerprint density at radius 2 is 1.76 bits per heavy atom. The van der Waals surface area contributed by atoms with Gasteiger partial charge in [-0.2, -0.15) is 0 Å². The predicted molar refractivity (Wildman–Crippen MR) is 62.8 cm³/mol. The standard InChI is InChI=1S/C12H17NO4/c1-12(7-14,8-15)13-6-9-2-4-10(5-3-9)11(16)17/h2-5,13-15H,6-8H2,1H3,(H,16,17). The molecule has 0 saturated carbocycles. The van der Waals surface area contributed by atoms with Gasteiger partial charge < -0.3 is 20.6 Å². The van der Waals surface area contributed by atoms with Crippen molar-refractivity contribution in [2.75, 3.05) is 13.2 Å². The summed E-state index contributed by atoms with van der Waals surface area (Å²) < 4.78 is 0. The van der Waals surface area contributed by atoms with Crippen LogP contribution in [0.5, 0.6) is 0 Å². The first kappa shape index (κ1) is 13.6. The zero-order chi connectivity index (χ0) is 12.9. The van der Waals surface area contributed by atoms with E-state index in [0.717, 1.165) is 5.56 Å². The normalized spacial score (nSPS) is 11.5. The summed E-state index contributed by atoms with van der Waals surface area (Å²) in [6, 6.07) is 6.44. The van der Waals surface area contributed by atoms with Crippen LogP contribution in [-0.4, -0.2) is 40.0 Å². The van der Waals surface area contributed by atoms with Gasteiger partial charge in [-0.25, -0.2) is 4.79 Å². The highest BCUT2D eigenvalue weighted by Gasteiger charge is 2.20. The fraction of sp³-hybridized carbons (Fsp3) is 0.417. The first-order valence-corrected chi connectivity index (χ1v) is 5.30. The highest BCUT2D eigenvalue weighted by atomic mass is 16.4. The van der Waals surface area contributed by atoms with Gasteiger partial charge >= 0.3 is 5.97 Å². The van der Waals surface area contributed by atoms with E-state index in [-0.39, 0.29) is 18.8 Å². The van der Waals surface area contributed by atoms with Gasteiger partial charge in [-0.3, -0.25) is 0 Å². The van der Waals surface area contributed by atoms with Crippen molar-refractivity contribution >= 4 is 5.97 Å². The number of aliphatic hydroxyl groups is 2. The first-order chi connectivity index (χ1) is 8.00. The molecule has 4 N–H and O–H groups in total. The minimum absolute atomic E-state index is 0.170. The van der Waals surface area contributed by atoms with Gasteiger partial charge in [-0.05, 0) is 24.6 Å². The molecular weight excluding hydrogens is 222 g/mol. The molecule has 0 heterocycles. The quantitative estimate of drug-likeness (QED) is 0.570. The molecule has 1 aromatic rings. The molecule has 0 atom stereocenters. The molecule has 0 unspecified atom stereocenters. The lowest BCUT2D eigenvalue weighted by molar-refractivity contribution is 0.0697. The zero-order valence-electron chi connectivity index (χ0n) is 9.68. The highest BCUT2D eigenvalue weighted by molar-refractivity contribution is 5.87. The van der Waals surface area contributed by atoms with E-state index < -0.39 is 11.5 Å². The lowest BCUT2D eigenvalue weighted by Crippen LogP contribution is -2.48. The van der Waals surface area contributed by atoms with Crippen LogP contribution in [-0.2, 0) is 6.54 Å². The molecule has 94 valence electrons. The maximum absolute atomic E-state index is 10.6. The largest absolute Gasteiger partial charge is 0.478 e. The topological polar surface area (TPSA) is 89.8 Å². The van der Waals surface area contributed by atoms with Crippen molar-refractivity contribution in [2.24, 2.45) is 0 Å². The third-order valence-electron chi connectivity index (χ3n) is 2.62. The molecule has 0 aliphatic heterocycles. The second-order valence-corrected chi connectivity index (χ2v) is 4.23. The Kier molecular flexibility index (Phi) is 4.62. The summed E-state index contributed by atoms with van der Waals surface area (Å²) in [5, 5.41) is 29.9. The van der Waals surface area contributed by atoms with Gasteiger partial charge in [-0.15, -0.1) is 0 Å². The van der Waals surface area contributed by atoms with Crippen molar-refractivity contribution in [3.8, 4) is 0 Å². The van der Waals surface area contributed by atoms with Crippen LogP contribution in [0.15, 0.2) is 24.3 Å². The molecule has 1 rings (SSSR count). The van der Waals surface area contributed by atoms with E-state index in [1.54, 1.807) is 19.1 Å². The van der Waals surface area contributed by atoms with E-state index in [1.807, 2.05) is 0 Å². The number of carboxylic acids is 1. The molecule has 0 aliphatic carbocycles. The molecule has 0 aromatic heterocycles. The maximum atomic E-state index is 10.6. The Bertz CT molecular complexity index is 371. The molecule has 17 heavy (non-hydrogen) atoms. The second kappa shape index (κ2) is 5.77. The van der Waals surface area contributed by atoms with E-state index in [0.29, 0.717) is 6.54 Å². The highest BCUT2D eigenvalue weighted by Crippen LogP contribution is 2.07. The van der Waals surface area contributed by atoms with E-state index in [2.05, 4.69) is 5.32 Å². The lowest BCUT2D eigenvalue weighted by atomic mass is 10.0. The van der Waals surface area contributed by atoms with Crippen LogP contribution in [0.4, 0.5) is 0 Å². The van der Waals surface area contributed by atoms with Crippen LogP contribution < -0.4 is 5.32 Å².